The fourth-order valence-electron chi connectivity index (χ4n) is 5.41. The van der Waals surface area contributed by atoms with Gasteiger partial charge in [-0.1, -0.05) is 12.8 Å². The summed E-state index contributed by atoms with van der Waals surface area (Å²) in [6.07, 6.45) is 6.64. The SMILES string of the molecule is O=Cc1cc(OCCN2CCOCC2)nc2c1OCC1CCCCC1C1=CCNN1CC2(F)F. The molecule has 2 unspecified atom stereocenters. The number of ether oxygens (including phenoxy) is 3. The topological polar surface area (TPSA) is 76.2 Å². The molecule has 4 heterocycles. The molecule has 8 nitrogen and oxygen atoms in total. The molecule has 5 rings (SSSR count). The standard InChI is InChI=1S/C24H32F2N4O4/c25-24(26)16-30-20(5-6-27-30)19-4-2-1-3-17(19)15-34-22-18(14-31)13-21(28-23(22)24)33-12-9-29-7-10-32-11-8-29/h5,13-14,17,19,27H,1-4,6-12,15-16H2. The van der Waals surface area contributed by atoms with Crippen LogP contribution in [0, 0.1) is 11.8 Å². The number of allylic oxidation sites excluding steroid dienone is 1. The van der Waals surface area contributed by atoms with Crippen molar-refractivity contribution in [2.24, 2.45) is 11.8 Å². The molecular formula is C24H32F2N4O4. The zero-order valence-electron chi connectivity index (χ0n) is 19.3. The summed E-state index contributed by atoms with van der Waals surface area (Å²) < 4.78 is 48.4. The number of hydrazine groups is 1. The molecule has 1 N–H and O–H groups in total. The number of hydrogen-bond acceptors (Lipinski definition) is 8. The summed E-state index contributed by atoms with van der Waals surface area (Å²) in [5, 5.41) is 1.58. The number of morpholine rings is 1. The van der Waals surface area contributed by atoms with Crippen LogP contribution in [0.15, 0.2) is 17.8 Å². The maximum atomic E-state index is 15.7. The molecule has 0 bridgehead atoms. The molecule has 34 heavy (non-hydrogen) atoms. The van der Waals surface area contributed by atoms with Gasteiger partial charge in [-0.25, -0.2) is 10.4 Å². The molecule has 4 aliphatic rings. The molecule has 3 aliphatic heterocycles. The Morgan fingerprint density at radius 1 is 1.26 bits per heavy atom. The summed E-state index contributed by atoms with van der Waals surface area (Å²) >= 11 is 0. The molecule has 10 heteroatoms. The molecule has 1 saturated heterocycles. The van der Waals surface area contributed by atoms with Crippen molar-refractivity contribution in [1.82, 2.24) is 20.3 Å². The van der Waals surface area contributed by atoms with Gasteiger partial charge in [0.25, 0.3) is 0 Å². The number of rotatable bonds is 5. The van der Waals surface area contributed by atoms with Crippen LogP contribution < -0.4 is 14.9 Å². The van der Waals surface area contributed by atoms with Gasteiger partial charge in [0.15, 0.2) is 17.7 Å². The first-order chi connectivity index (χ1) is 16.5. The van der Waals surface area contributed by atoms with Crippen molar-refractivity contribution in [2.75, 3.05) is 59.2 Å². The van der Waals surface area contributed by atoms with Crippen LogP contribution in [0.3, 0.4) is 0 Å². The van der Waals surface area contributed by atoms with E-state index in [4.69, 9.17) is 14.2 Å². The third kappa shape index (κ3) is 4.89. The first kappa shape index (κ1) is 23.4. The third-order valence-corrected chi connectivity index (χ3v) is 7.21. The number of pyridine rings is 1. The van der Waals surface area contributed by atoms with E-state index in [2.05, 4.69) is 15.3 Å². The fraction of sp³-hybridized carbons (Fsp3) is 0.667. The van der Waals surface area contributed by atoms with Crippen LogP contribution >= 0.6 is 0 Å². The Bertz CT molecular complexity index is 922. The van der Waals surface area contributed by atoms with E-state index in [9.17, 15) is 4.79 Å². The Morgan fingerprint density at radius 2 is 2.09 bits per heavy atom. The monoisotopic (exact) mass is 478 g/mol. The smallest absolute Gasteiger partial charge is 0.312 e. The number of fused-ring (bicyclic) bond motifs is 4. The van der Waals surface area contributed by atoms with Crippen molar-refractivity contribution < 1.29 is 27.8 Å². The van der Waals surface area contributed by atoms with Gasteiger partial charge in [-0.2, -0.15) is 8.78 Å². The minimum atomic E-state index is -3.35. The third-order valence-electron chi connectivity index (χ3n) is 7.21. The number of nitrogens with one attached hydrogen (secondary N) is 1. The Labute approximate surface area is 198 Å². The maximum absolute atomic E-state index is 15.7. The number of aromatic nitrogens is 1. The molecule has 0 radical (unpaired) electrons. The zero-order chi connectivity index (χ0) is 23.5. The van der Waals surface area contributed by atoms with Crippen molar-refractivity contribution in [3.8, 4) is 11.6 Å². The van der Waals surface area contributed by atoms with Gasteiger partial charge in [-0.15, -0.1) is 0 Å². The van der Waals surface area contributed by atoms with Gasteiger partial charge in [-0.3, -0.25) is 9.69 Å². The van der Waals surface area contributed by atoms with Crippen molar-refractivity contribution in [3.63, 3.8) is 0 Å². The number of alkyl halides is 2. The molecule has 0 spiro atoms. The Hall–Kier alpha value is -2.30. The average molecular weight is 479 g/mol. The van der Waals surface area contributed by atoms with Gasteiger partial charge in [-0.05, 0) is 18.9 Å². The van der Waals surface area contributed by atoms with Crippen LogP contribution in [0.4, 0.5) is 8.78 Å². The number of aldehydes is 1. The number of hydrogen-bond donors (Lipinski definition) is 1. The van der Waals surface area contributed by atoms with Crippen LogP contribution in [0.25, 0.3) is 0 Å². The lowest BCUT2D eigenvalue weighted by Gasteiger charge is -2.39. The minimum Gasteiger partial charge on any atom is -0.490 e. The van der Waals surface area contributed by atoms with Crippen molar-refractivity contribution in [1.29, 1.82) is 0 Å². The van der Waals surface area contributed by atoms with Crippen LogP contribution in [0.5, 0.6) is 11.6 Å². The maximum Gasteiger partial charge on any atom is 0.312 e. The van der Waals surface area contributed by atoms with Gasteiger partial charge in [0, 0.05) is 49.8 Å². The Balaban J connectivity index is 1.42. The van der Waals surface area contributed by atoms with E-state index < -0.39 is 18.2 Å². The number of carbonyl (C=O) groups excluding carboxylic acids is 1. The molecular weight excluding hydrogens is 446 g/mol. The lowest BCUT2D eigenvalue weighted by atomic mass is 9.77. The molecule has 1 aromatic rings. The van der Waals surface area contributed by atoms with Crippen LogP contribution in [0.2, 0.25) is 0 Å². The molecule has 1 saturated carbocycles. The molecule has 2 atom stereocenters. The summed E-state index contributed by atoms with van der Waals surface area (Å²) in [6.45, 7) is 4.05. The summed E-state index contributed by atoms with van der Waals surface area (Å²) in [5.74, 6) is -3.11. The summed E-state index contributed by atoms with van der Waals surface area (Å²) in [6, 6.07) is 1.41. The highest BCUT2D eigenvalue weighted by molar-refractivity contribution is 5.80. The highest BCUT2D eigenvalue weighted by Crippen LogP contribution is 2.43. The lowest BCUT2D eigenvalue weighted by molar-refractivity contribution is -0.0517. The van der Waals surface area contributed by atoms with Gasteiger partial charge in [0.2, 0.25) is 5.88 Å². The Kier molecular flexibility index (Phi) is 6.99. The molecule has 186 valence electrons. The summed E-state index contributed by atoms with van der Waals surface area (Å²) in [7, 11) is 0. The molecule has 0 amide bonds. The van der Waals surface area contributed by atoms with E-state index in [1.54, 1.807) is 5.01 Å². The second-order valence-corrected chi connectivity index (χ2v) is 9.39. The first-order valence-electron chi connectivity index (χ1n) is 12.2. The van der Waals surface area contributed by atoms with Gasteiger partial charge in [0.05, 0.1) is 25.4 Å². The molecule has 2 fully saturated rings. The highest BCUT2D eigenvalue weighted by atomic mass is 19.3. The van der Waals surface area contributed by atoms with Crippen molar-refractivity contribution in [3.05, 3.63) is 29.1 Å². The van der Waals surface area contributed by atoms with Gasteiger partial charge in [0.1, 0.15) is 13.2 Å². The average Bonchev–Trinajstić information content (AvgIpc) is 3.30. The van der Waals surface area contributed by atoms with E-state index in [-0.39, 0.29) is 42.2 Å². The van der Waals surface area contributed by atoms with Crippen LogP contribution in [-0.2, 0) is 10.7 Å². The number of carbonyl (C=O) groups is 1. The lowest BCUT2D eigenvalue weighted by Crippen LogP contribution is -2.45. The number of halogens is 2. The highest BCUT2D eigenvalue weighted by Gasteiger charge is 2.44. The summed E-state index contributed by atoms with van der Waals surface area (Å²) in [5.41, 5.74) is 3.51. The fourth-order valence-corrected chi connectivity index (χ4v) is 5.41. The van der Waals surface area contributed by atoms with E-state index in [1.165, 1.54) is 6.07 Å². The van der Waals surface area contributed by atoms with Crippen LogP contribution in [-0.4, -0.2) is 80.3 Å². The van der Waals surface area contributed by atoms with Gasteiger partial charge >= 0.3 is 5.92 Å². The minimum absolute atomic E-state index is 0.00938. The predicted molar refractivity (Wildman–Crippen MR) is 120 cm³/mol. The summed E-state index contributed by atoms with van der Waals surface area (Å²) in [4.78, 5) is 18.3. The normalized spacial score (nSPS) is 27.0. The van der Waals surface area contributed by atoms with E-state index >= 15 is 8.78 Å². The van der Waals surface area contributed by atoms with E-state index in [0.29, 0.717) is 32.6 Å². The second-order valence-electron chi connectivity index (χ2n) is 9.39. The largest absolute Gasteiger partial charge is 0.490 e. The van der Waals surface area contributed by atoms with E-state index in [0.717, 1.165) is 44.5 Å². The van der Waals surface area contributed by atoms with Crippen molar-refractivity contribution in [2.45, 2.75) is 31.6 Å². The second kappa shape index (κ2) is 10.1. The zero-order valence-corrected chi connectivity index (χ0v) is 19.3. The predicted octanol–water partition coefficient (Wildman–Crippen LogP) is 2.60. The molecule has 1 aliphatic carbocycles. The van der Waals surface area contributed by atoms with Gasteiger partial charge < -0.3 is 19.2 Å². The Morgan fingerprint density at radius 3 is 2.91 bits per heavy atom. The molecule has 0 aromatic carbocycles. The van der Waals surface area contributed by atoms with Crippen molar-refractivity contribution >= 4 is 6.29 Å². The number of nitrogens with zero attached hydrogens (tertiary/aromatic N) is 3. The quantitative estimate of drug-likeness (QED) is 0.648. The molecule has 1 aromatic heterocycles. The van der Waals surface area contributed by atoms with E-state index in [1.807, 2.05) is 6.08 Å². The van der Waals surface area contributed by atoms with Crippen LogP contribution in [0.1, 0.15) is 41.7 Å². The first-order valence-corrected chi connectivity index (χ1v) is 12.2.